The molecule has 0 bridgehead atoms. The molecular formula is C14H20N4. The predicted molar refractivity (Wildman–Crippen MR) is 73.3 cm³/mol. The van der Waals surface area contributed by atoms with Gasteiger partial charge in [0.1, 0.15) is 5.82 Å². The number of nitrogens with zero attached hydrogens (tertiary/aromatic N) is 2. The smallest absolute Gasteiger partial charge is 0.134 e. The number of hydrogen-bond donors (Lipinski definition) is 2. The molecule has 0 aliphatic carbocycles. The molecule has 4 heteroatoms. The average Bonchev–Trinajstić information content (AvgIpc) is 2.81. The summed E-state index contributed by atoms with van der Waals surface area (Å²) in [6.07, 6.45) is 2.78. The lowest BCUT2D eigenvalue weighted by Crippen LogP contribution is -2.25. The van der Waals surface area contributed by atoms with Gasteiger partial charge < -0.3 is 10.7 Å². The summed E-state index contributed by atoms with van der Waals surface area (Å²) in [5, 5.41) is 0. The van der Waals surface area contributed by atoms with Gasteiger partial charge >= 0.3 is 0 Å². The third-order valence-electron chi connectivity index (χ3n) is 3.10. The van der Waals surface area contributed by atoms with Crippen molar-refractivity contribution in [1.82, 2.24) is 15.0 Å². The van der Waals surface area contributed by atoms with Crippen LogP contribution in [0.3, 0.4) is 0 Å². The van der Waals surface area contributed by atoms with Crippen LogP contribution in [-0.2, 0) is 5.41 Å². The zero-order valence-corrected chi connectivity index (χ0v) is 11.2. The van der Waals surface area contributed by atoms with E-state index in [0.717, 1.165) is 29.3 Å². The molecule has 2 heterocycles. The Morgan fingerprint density at radius 2 is 2.11 bits per heavy atom. The standard InChI is InChI=1S/C14H20N4/c1-10-9-12(11-5-4-8-16-11)18-13(17-10)14(2,3)6-7-15/h4-5,8-9,16H,6-7,15H2,1-3H3. The van der Waals surface area contributed by atoms with Crippen molar-refractivity contribution in [3.63, 3.8) is 0 Å². The third-order valence-corrected chi connectivity index (χ3v) is 3.10. The Morgan fingerprint density at radius 1 is 1.33 bits per heavy atom. The predicted octanol–water partition coefficient (Wildman–Crippen LogP) is 2.41. The van der Waals surface area contributed by atoms with Crippen molar-refractivity contribution in [2.45, 2.75) is 32.6 Å². The van der Waals surface area contributed by atoms with Crippen molar-refractivity contribution in [2.75, 3.05) is 6.54 Å². The van der Waals surface area contributed by atoms with Gasteiger partial charge in [-0.05, 0) is 38.1 Å². The molecule has 4 nitrogen and oxygen atoms in total. The number of hydrogen-bond acceptors (Lipinski definition) is 3. The van der Waals surface area contributed by atoms with Crippen LogP contribution in [0.1, 0.15) is 31.8 Å². The Hall–Kier alpha value is -1.68. The van der Waals surface area contributed by atoms with Crippen molar-refractivity contribution in [2.24, 2.45) is 5.73 Å². The lowest BCUT2D eigenvalue weighted by atomic mass is 9.88. The summed E-state index contributed by atoms with van der Waals surface area (Å²) in [5.41, 5.74) is 8.50. The van der Waals surface area contributed by atoms with E-state index in [9.17, 15) is 0 Å². The summed E-state index contributed by atoms with van der Waals surface area (Å²) in [4.78, 5) is 12.4. The Balaban J connectivity index is 2.44. The van der Waals surface area contributed by atoms with E-state index >= 15 is 0 Å². The zero-order valence-electron chi connectivity index (χ0n) is 11.2. The maximum atomic E-state index is 5.66. The van der Waals surface area contributed by atoms with Crippen LogP contribution in [-0.4, -0.2) is 21.5 Å². The second kappa shape index (κ2) is 4.90. The number of H-pyrrole nitrogens is 1. The van der Waals surface area contributed by atoms with Crippen molar-refractivity contribution in [3.8, 4) is 11.4 Å². The molecule has 0 saturated carbocycles. The van der Waals surface area contributed by atoms with Crippen LogP contribution in [0, 0.1) is 6.92 Å². The molecule has 0 spiro atoms. The van der Waals surface area contributed by atoms with Gasteiger partial charge in [-0.3, -0.25) is 0 Å². The fraction of sp³-hybridized carbons (Fsp3) is 0.429. The summed E-state index contributed by atoms with van der Waals surface area (Å²) in [6, 6.07) is 5.98. The highest BCUT2D eigenvalue weighted by Crippen LogP contribution is 2.25. The molecule has 0 unspecified atom stereocenters. The molecular weight excluding hydrogens is 224 g/mol. The summed E-state index contributed by atoms with van der Waals surface area (Å²) in [7, 11) is 0. The van der Waals surface area contributed by atoms with Gasteiger partial charge in [0.05, 0.1) is 11.4 Å². The monoisotopic (exact) mass is 244 g/mol. The molecule has 0 amide bonds. The number of aryl methyl sites for hydroxylation is 1. The molecule has 96 valence electrons. The Labute approximate surface area is 108 Å². The normalized spacial score (nSPS) is 11.8. The first-order valence-electron chi connectivity index (χ1n) is 6.23. The summed E-state index contributed by atoms with van der Waals surface area (Å²) < 4.78 is 0. The first-order valence-corrected chi connectivity index (χ1v) is 6.23. The molecule has 0 atom stereocenters. The molecule has 0 radical (unpaired) electrons. The van der Waals surface area contributed by atoms with Gasteiger partial charge in [-0.1, -0.05) is 13.8 Å². The van der Waals surface area contributed by atoms with Gasteiger partial charge in [-0.2, -0.15) is 0 Å². The van der Waals surface area contributed by atoms with E-state index in [4.69, 9.17) is 5.73 Å². The molecule has 18 heavy (non-hydrogen) atoms. The van der Waals surface area contributed by atoms with Crippen LogP contribution in [0.25, 0.3) is 11.4 Å². The Bertz CT molecular complexity index is 515. The number of nitrogens with one attached hydrogen (secondary N) is 1. The maximum Gasteiger partial charge on any atom is 0.134 e. The number of nitrogens with two attached hydrogens (primary N) is 1. The van der Waals surface area contributed by atoms with Crippen LogP contribution in [0.2, 0.25) is 0 Å². The summed E-state index contributed by atoms with van der Waals surface area (Å²) >= 11 is 0. The van der Waals surface area contributed by atoms with Gasteiger partial charge in [-0.15, -0.1) is 0 Å². The van der Waals surface area contributed by atoms with E-state index in [1.54, 1.807) is 0 Å². The molecule has 0 aliphatic heterocycles. The van der Waals surface area contributed by atoms with Crippen LogP contribution in [0.15, 0.2) is 24.4 Å². The quantitative estimate of drug-likeness (QED) is 0.867. The van der Waals surface area contributed by atoms with Crippen LogP contribution in [0.5, 0.6) is 0 Å². The zero-order chi connectivity index (χ0) is 13.2. The van der Waals surface area contributed by atoms with E-state index in [1.165, 1.54) is 0 Å². The van der Waals surface area contributed by atoms with Crippen LogP contribution < -0.4 is 5.73 Å². The van der Waals surface area contributed by atoms with E-state index < -0.39 is 0 Å². The van der Waals surface area contributed by atoms with E-state index in [1.807, 2.05) is 31.3 Å². The van der Waals surface area contributed by atoms with E-state index in [2.05, 4.69) is 28.8 Å². The Kier molecular flexibility index (Phi) is 3.48. The number of aromatic amines is 1. The van der Waals surface area contributed by atoms with Gasteiger partial charge in [0.2, 0.25) is 0 Å². The lowest BCUT2D eigenvalue weighted by molar-refractivity contribution is 0.456. The molecule has 2 rings (SSSR count). The average molecular weight is 244 g/mol. The fourth-order valence-electron chi connectivity index (χ4n) is 1.97. The molecule has 0 saturated heterocycles. The largest absolute Gasteiger partial charge is 0.360 e. The minimum Gasteiger partial charge on any atom is -0.360 e. The molecule has 2 aromatic rings. The first kappa shape index (κ1) is 12.8. The molecule has 0 fully saturated rings. The SMILES string of the molecule is Cc1cc(-c2ccc[nH]2)nc(C(C)(C)CCN)n1. The molecule has 2 aromatic heterocycles. The second-order valence-corrected chi connectivity index (χ2v) is 5.22. The van der Waals surface area contributed by atoms with Crippen LogP contribution in [0.4, 0.5) is 0 Å². The van der Waals surface area contributed by atoms with Crippen molar-refractivity contribution in [3.05, 3.63) is 35.9 Å². The topological polar surface area (TPSA) is 67.6 Å². The molecule has 3 N–H and O–H groups in total. The van der Waals surface area contributed by atoms with Gasteiger partial charge in [0.15, 0.2) is 0 Å². The highest BCUT2D eigenvalue weighted by atomic mass is 14.9. The summed E-state index contributed by atoms with van der Waals surface area (Å²) in [6.45, 7) is 6.90. The second-order valence-electron chi connectivity index (χ2n) is 5.22. The summed E-state index contributed by atoms with van der Waals surface area (Å²) in [5.74, 6) is 0.859. The van der Waals surface area contributed by atoms with Gasteiger partial charge in [0.25, 0.3) is 0 Å². The first-order chi connectivity index (χ1) is 8.53. The van der Waals surface area contributed by atoms with Crippen LogP contribution >= 0.6 is 0 Å². The minimum absolute atomic E-state index is 0.0951. The van der Waals surface area contributed by atoms with E-state index in [0.29, 0.717) is 6.54 Å². The number of aromatic nitrogens is 3. The van der Waals surface area contributed by atoms with Crippen molar-refractivity contribution >= 4 is 0 Å². The lowest BCUT2D eigenvalue weighted by Gasteiger charge is -2.22. The van der Waals surface area contributed by atoms with Gasteiger partial charge in [0, 0.05) is 17.3 Å². The van der Waals surface area contributed by atoms with E-state index in [-0.39, 0.29) is 5.41 Å². The van der Waals surface area contributed by atoms with Gasteiger partial charge in [-0.25, -0.2) is 9.97 Å². The minimum atomic E-state index is -0.0951. The number of rotatable bonds is 4. The van der Waals surface area contributed by atoms with Crippen molar-refractivity contribution in [1.29, 1.82) is 0 Å². The molecule has 0 aliphatic rings. The third kappa shape index (κ3) is 2.59. The highest BCUT2D eigenvalue weighted by Gasteiger charge is 2.24. The highest BCUT2D eigenvalue weighted by molar-refractivity contribution is 5.54. The van der Waals surface area contributed by atoms with Crippen molar-refractivity contribution < 1.29 is 0 Å². The maximum absolute atomic E-state index is 5.66. The fourth-order valence-corrected chi connectivity index (χ4v) is 1.97. The molecule has 0 aromatic carbocycles. The Morgan fingerprint density at radius 3 is 2.72 bits per heavy atom.